The zero-order valence-electron chi connectivity index (χ0n) is 40.7. The van der Waals surface area contributed by atoms with Gasteiger partial charge in [-0.05, 0) is 52.4 Å². The Morgan fingerprint density at radius 2 is 1.16 bits per heavy atom. The van der Waals surface area contributed by atoms with E-state index in [9.17, 15) is 33.9 Å². The van der Waals surface area contributed by atoms with E-state index in [0.29, 0.717) is 90.5 Å². The number of aryl methyl sites for hydroxylation is 1. The van der Waals surface area contributed by atoms with Crippen molar-refractivity contribution >= 4 is 35.4 Å². The molecule has 1 atom stereocenters. The standard InChI is InChI=1S/C48H85N7O12/c1-39(50-25-19-18-20-41(47(62)63)53-35-42(56)48(2,3)55-44(58)24-23-40-34-49-38-54-40)36-66-32-30-65-29-27-52-45(59)37-67-33-31-64-28-26-51-43(57)21-16-14-12-10-8-6-4-5-7-9-11-13-15-17-22-46(60)61/h34,38,41,50,53H,1,4-33,35-37H2,2-3H3,(H,49,54)(H,51,57)(H,52,59)(H,55,58)(H,60,61)(H,62,63)/t41-/m0/s1. The van der Waals surface area contributed by atoms with E-state index in [2.05, 4.69) is 43.1 Å². The number of ketones is 1. The van der Waals surface area contributed by atoms with Crippen molar-refractivity contribution in [2.24, 2.45) is 0 Å². The smallest absolute Gasteiger partial charge is 0.320 e. The Balaban J connectivity index is 1.88. The van der Waals surface area contributed by atoms with Crippen LogP contribution in [0, 0.1) is 0 Å². The van der Waals surface area contributed by atoms with Crippen LogP contribution in [0.5, 0.6) is 0 Å². The van der Waals surface area contributed by atoms with Crippen LogP contribution < -0.4 is 26.6 Å². The number of ether oxygens (including phenoxy) is 4. The minimum atomic E-state index is -1.16. The highest BCUT2D eigenvalue weighted by molar-refractivity contribution is 5.93. The second-order valence-electron chi connectivity index (χ2n) is 17.3. The molecule has 0 bridgehead atoms. The van der Waals surface area contributed by atoms with Crippen LogP contribution in [-0.2, 0) is 54.1 Å². The molecule has 0 aromatic carbocycles. The number of imidazole rings is 1. The highest BCUT2D eigenvalue weighted by atomic mass is 16.5. The highest BCUT2D eigenvalue weighted by Gasteiger charge is 2.30. The Kier molecular flexibility index (Phi) is 36.7. The first-order valence-electron chi connectivity index (χ1n) is 24.6. The summed E-state index contributed by atoms with van der Waals surface area (Å²) in [5, 5.41) is 32.6. The van der Waals surface area contributed by atoms with Crippen molar-refractivity contribution in [3.8, 4) is 0 Å². The second kappa shape index (κ2) is 40.6. The number of aromatic nitrogens is 2. The molecule has 0 aliphatic rings. The van der Waals surface area contributed by atoms with Gasteiger partial charge in [0, 0.05) is 56.5 Å². The highest BCUT2D eigenvalue weighted by Crippen LogP contribution is 2.14. The summed E-state index contributed by atoms with van der Waals surface area (Å²) in [5.74, 6) is -2.58. The zero-order valence-corrected chi connectivity index (χ0v) is 40.7. The minimum absolute atomic E-state index is 0.0382. The quantitative estimate of drug-likeness (QED) is 0.0410. The first kappa shape index (κ1) is 60.6. The van der Waals surface area contributed by atoms with Crippen molar-refractivity contribution in [2.75, 3.05) is 79.0 Å². The van der Waals surface area contributed by atoms with E-state index in [0.717, 1.165) is 44.2 Å². The third-order valence-electron chi connectivity index (χ3n) is 10.9. The molecule has 19 heteroatoms. The van der Waals surface area contributed by atoms with Gasteiger partial charge in [0.2, 0.25) is 17.7 Å². The number of aliphatic carboxylic acids is 2. The van der Waals surface area contributed by atoms with Crippen LogP contribution in [0.1, 0.15) is 148 Å². The second-order valence-corrected chi connectivity index (χ2v) is 17.3. The summed E-state index contributed by atoms with van der Waals surface area (Å²) < 4.78 is 21.9. The monoisotopic (exact) mass is 952 g/mol. The summed E-state index contributed by atoms with van der Waals surface area (Å²) in [6.45, 7) is 10.4. The molecule has 1 rings (SSSR count). The molecule has 0 aliphatic carbocycles. The van der Waals surface area contributed by atoms with E-state index in [4.69, 9.17) is 24.1 Å². The van der Waals surface area contributed by atoms with E-state index in [1.807, 2.05) is 0 Å². The Morgan fingerprint density at radius 1 is 0.627 bits per heavy atom. The number of hydrogen-bond acceptors (Lipinski definition) is 13. The first-order chi connectivity index (χ1) is 32.3. The third-order valence-corrected chi connectivity index (χ3v) is 10.9. The lowest BCUT2D eigenvalue weighted by Crippen LogP contribution is -2.54. The lowest BCUT2D eigenvalue weighted by molar-refractivity contribution is -0.140. The molecule has 0 aliphatic heterocycles. The molecular formula is C48H85N7O12. The Bertz CT molecular complexity index is 1500. The molecule has 67 heavy (non-hydrogen) atoms. The summed E-state index contributed by atoms with van der Waals surface area (Å²) in [5.41, 5.74) is 0.333. The number of aromatic amines is 1. The number of Topliss-reactive ketones (excluding diaryl/α,β-unsaturated/α-hetero) is 1. The van der Waals surface area contributed by atoms with Crippen LogP contribution >= 0.6 is 0 Å². The van der Waals surface area contributed by atoms with E-state index in [1.165, 1.54) is 57.7 Å². The van der Waals surface area contributed by atoms with Crippen molar-refractivity contribution in [2.45, 2.75) is 160 Å². The van der Waals surface area contributed by atoms with Gasteiger partial charge in [-0.1, -0.05) is 83.6 Å². The van der Waals surface area contributed by atoms with Crippen LogP contribution in [0.4, 0.5) is 0 Å². The van der Waals surface area contributed by atoms with E-state index in [1.54, 1.807) is 20.0 Å². The maximum atomic E-state index is 12.8. The lowest BCUT2D eigenvalue weighted by Gasteiger charge is -2.26. The number of amides is 3. The Hall–Kier alpha value is -4.43. The van der Waals surface area contributed by atoms with Crippen molar-refractivity contribution in [1.29, 1.82) is 0 Å². The zero-order chi connectivity index (χ0) is 49.2. The van der Waals surface area contributed by atoms with Gasteiger partial charge in [0.25, 0.3) is 0 Å². The number of nitrogens with one attached hydrogen (secondary N) is 6. The first-order valence-corrected chi connectivity index (χ1v) is 24.6. The number of carbonyl (C=O) groups excluding carboxylic acids is 4. The average Bonchev–Trinajstić information content (AvgIpc) is 3.81. The molecule has 19 nitrogen and oxygen atoms in total. The molecule has 1 aromatic rings. The molecule has 0 unspecified atom stereocenters. The summed E-state index contributed by atoms with van der Waals surface area (Å²) >= 11 is 0. The SMILES string of the molecule is C=C(COCCOCCNC(=O)COCCOCCNC(=O)CCCCCCCCCCCCCCCCC(=O)O)NCCCC[C@H](NCC(=O)C(C)(C)NC(=O)CCc1cnc[nH]1)C(=O)O. The number of carboxylic acids is 2. The van der Waals surface area contributed by atoms with Gasteiger partial charge < -0.3 is 55.4 Å². The summed E-state index contributed by atoms with van der Waals surface area (Å²) in [6.07, 6.45) is 22.3. The largest absolute Gasteiger partial charge is 0.481 e. The van der Waals surface area contributed by atoms with Gasteiger partial charge in [0.1, 0.15) is 12.6 Å². The molecule has 8 N–H and O–H groups in total. The number of hydrogen-bond donors (Lipinski definition) is 8. The Labute approximate surface area is 398 Å². The van der Waals surface area contributed by atoms with Crippen LogP contribution in [-0.4, -0.2) is 146 Å². The van der Waals surface area contributed by atoms with E-state index < -0.39 is 23.5 Å². The number of nitrogens with zero attached hydrogens (tertiary/aromatic N) is 1. The van der Waals surface area contributed by atoms with Crippen LogP contribution in [0.15, 0.2) is 24.8 Å². The Morgan fingerprint density at radius 3 is 1.72 bits per heavy atom. The van der Waals surface area contributed by atoms with Crippen molar-refractivity contribution < 1.29 is 57.9 Å². The number of rotatable bonds is 48. The predicted octanol–water partition coefficient (Wildman–Crippen LogP) is 4.75. The van der Waals surface area contributed by atoms with E-state index >= 15 is 0 Å². The number of unbranched alkanes of at least 4 members (excludes halogenated alkanes) is 14. The predicted molar refractivity (Wildman–Crippen MR) is 255 cm³/mol. The van der Waals surface area contributed by atoms with Gasteiger partial charge in [-0.3, -0.25) is 34.1 Å². The van der Waals surface area contributed by atoms with Gasteiger partial charge in [-0.15, -0.1) is 0 Å². The fourth-order valence-corrected chi connectivity index (χ4v) is 6.84. The molecular weight excluding hydrogens is 867 g/mol. The normalized spacial score (nSPS) is 11.8. The minimum Gasteiger partial charge on any atom is -0.481 e. The average molecular weight is 952 g/mol. The van der Waals surface area contributed by atoms with Crippen LogP contribution in [0.3, 0.4) is 0 Å². The van der Waals surface area contributed by atoms with Crippen LogP contribution in [0.25, 0.3) is 0 Å². The van der Waals surface area contributed by atoms with Crippen molar-refractivity contribution in [1.82, 2.24) is 36.6 Å². The van der Waals surface area contributed by atoms with Gasteiger partial charge in [0.05, 0.1) is 64.7 Å². The van der Waals surface area contributed by atoms with Gasteiger partial charge >= 0.3 is 11.9 Å². The summed E-state index contributed by atoms with van der Waals surface area (Å²) in [6, 6.07) is -0.907. The number of carboxylic acid groups (broad SMARTS) is 2. The van der Waals surface area contributed by atoms with Gasteiger partial charge in [-0.25, -0.2) is 4.98 Å². The van der Waals surface area contributed by atoms with Crippen molar-refractivity contribution in [3.63, 3.8) is 0 Å². The van der Waals surface area contributed by atoms with E-state index in [-0.39, 0.29) is 62.7 Å². The van der Waals surface area contributed by atoms with Crippen LogP contribution in [0.2, 0.25) is 0 Å². The third kappa shape index (κ3) is 37.3. The molecule has 0 saturated heterocycles. The summed E-state index contributed by atoms with van der Waals surface area (Å²) in [7, 11) is 0. The lowest BCUT2D eigenvalue weighted by atomic mass is 9.98. The molecule has 3 amide bonds. The fourth-order valence-electron chi connectivity index (χ4n) is 6.84. The molecule has 0 spiro atoms. The molecule has 1 aromatic heterocycles. The maximum absolute atomic E-state index is 12.8. The number of carbonyl (C=O) groups is 6. The van der Waals surface area contributed by atoms with Gasteiger partial charge in [0.15, 0.2) is 5.78 Å². The summed E-state index contributed by atoms with van der Waals surface area (Å²) in [4.78, 5) is 78.4. The topological polar surface area (TPSA) is 269 Å². The fraction of sp³-hybridized carbons (Fsp3) is 0.771. The molecule has 0 saturated carbocycles. The molecule has 1 heterocycles. The van der Waals surface area contributed by atoms with Gasteiger partial charge in [-0.2, -0.15) is 0 Å². The van der Waals surface area contributed by atoms with Crippen molar-refractivity contribution in [3.05, 3.63) is 30.5 Å². The molecule has 0 fully saturated rings. The molecule has 0 radical (unpaired) electrons. The number of H-pyrrole nitrogens is 1. The maximum Gasteiger partial charge on any atom is 0.320 e. The molecule has 384 valence electrons.